The van der Waals surface area contributed by atoms with Gasteiger partial charge in [0, 0.05) is 104 Å². The maximum Gasteiger partial charge on any atom is 0.240 e. The molecule has 0 radical (unpaired) electrons. The number of hydrogen-bond donors (Lipinski definition) is 4. The van der Waals surface area contributed by atoms with E-state index in [9.17, 15) is 16.8 Å². The van der Waals surface area contributed by atoms with Crippen LogP contribution in [0, 0.1) is 0 Å². The van der Waals surface area contributed by atoms with E-state index in [0.29, 0.717) is 231 Å². The van der Waals surface area contributed by atoms with Crippen molar-refractivity contribution < 1.29 is 88.0 Å². The summed E-state index contributed by atoms with van der Waals surface area (Å²) in [5, 5.41) is 5.67. The van der Waals surface area contributed by atoms with Crippen molar-refractivity contribution in [1.29, 1.82) is 0 Å². The smallest absolute Gasteiger partial charge is 0.240 e. The number of hydrogen-bond acceptors (Lipinski definition) is 23. The zero-order valence-corrected chi connectivity index (χ0v) is 63.4. The Morgan fingerprint density at radius 1 is 0.366 bits per heavy atom. The number of likely N-dealkylation sites (N-methyl/N-ethyl adjacent to an activating group) is 2. The minimum atomic E-state index is -3.76. The summed E-state index contributed by atoms with van der Waals surface area (Å²) in [4.78, 5) is 10.1. The van der Waals surface area contributed by atoms with E-state index in [1.807, 2.05) is 38.4 Å². The molecule has 101 heavy (non-hydrogen) atoms. The van der Waals surface area contributed by atoms with Crippen LogP contribution in [-0.4, -0.2) is 278 Å². The highest BCUT2D eigenvalue weighted by molar-refractivity contribution is 7.89. The third-order valence-electron chi connectivity index (χ3n) is 15.8. The minimum absolute atomic E-state index is 0.0702. The first kappa shape index (κ1) is 87.0. The molecule has 2 aliphatic heterocycles. The number of hydroxylamine groups is 1. The number of ether oxygens (including phenoxy) is 14. The Labute approximate surface area is 618 Å². The van der Waals surface area contributed by atoms with Crippen LogP contribution >= 0.6 is 46.4 Å². The van der Waals surface area contributed by atoms with Gasteiger partial charge < -0.3 is 81.4 Å². The Bertz CT molecular complexity index is 2910. The van der Waals surface area contributed by atoms with Gasteiger partial charge in [-0.1, -0.05) is 70.7 Å². The zero-order chi connectivity index (χ0) is 71.9. The van der Waals surface area contributed by atoms with Crippen molar-refractivity contribution in [3.63, 3.8) is 0 Å². The average Bonchev–Trinajstić information content (AvgIpc) is 0.781. The molecule has 2 atom stereocenters. The van der Waals surface area contributed by atoms with Crippen LogP contribution in [0.15, 0.2) is 82.6 Å². The van der Waals surface area contributed by atoms with E-state index in [2.05, 4.69) is 30.0 Å². The molecule has 31 heteroatoms. The largest absolute Gasteiger partial charge is 0.379 e. The van der Waals surface area contributed by atoms with Crippen molar-refractivity contribution in [3.8, 4) is 0 Å². The third-order valence-corrected chi connectivity index (χ3v) is 19.9. The maximum atomic E-state index is 13.1. The van der Waals surface area contributed by atoms with E-state index in [-0.39, 0.29) is 47.9 Å². The van der Waals surface area contributed by atoms with E-state index in [4.69, 9.17) is 118 Å². The lowest BCUT2D eigenvalue weighted by Gasteiger charge is -2.33. The van der Waals surface area contributed by atoms with Crippen molar-refractivity contribution in [1.82, 2.24) is 30.0 Å². The highest BCUT2D eigenvalue weighted by atomic mass is 35.5. The molecule has 25 nitrogen and oxygen atoms in total. The molecular formula is C70H108Cl4N6O19S2. The van der Waals surface area contributed by atoms with E-state index >= 15 is 0 Å². The van der Waals surface area contributed by atoms with Crippen molar-refractivity contribution in [3.05, 3.63) is 126 Å². The molecule has 0 amide bonds. The van der Waals surface area contributed by atoms with Crippen LogP contribution in [0.5, 0.6) is 0 Å². The molecule has 2 unspecified atom stereocenters. The second-order valence-electron chi connectivity index (χ2n) is 23.8. The Balaban J connectivity index is 0.565. The first-order valence-electron chi connectivity index (χ1n) is 34.9. The highest BCUT2D eigenvalue weighted by Crippen LogP contribution is 2.40. The normalized spacial score (nSPS) is 15.2. The molecule has 4 aromatic rings. The maximum absolute atomic E-state index is 13.1. The summed E-state index contributed by atoms with van der Waals surface area (Å²) in [7, 11) is -3.48. The predicted octanol–water partition coefficient (Wildman–Crippen LogP) is 7.62. The Morgan fingerprint density at radius 3 is 1.08 bits per heavy atom. The van der Waals surface area contributed by atoms with Crippen LogP contribution in [0.3, 0.4) is 0 Å². The van der Waals surface area contributed by atoms with Gasteiger partial charge in [-0.25, -0.2) is 31.8 Å². The van der Waals surface area contributed by atoms with E-state index < -0.39 is 20.0 Å². The standard InChI is InChI=1S/C70H108Cl4N6O19S2/c1-79-53-65(63-49-59(71)51-69(73)67(63)55-79)57-9-6-11-61(47-57)100(81,82)77-16-23-90-30-37-94-35-28-88-21-14-75-13-8-20-87-27-33-93-40-42-97-44-43-96-41-39-92-32-25-85-18-4-3-5-19-86-26-34-98-45-46-99-76-15-22-89-29-36-95-38-31-91-24-17-78-101(83,84)62-12-7-10-58(48-62)66-54-80(2)56-68-64(66)50-60(72)52-70(68)74/h6-7,9-12,47-52,65-66,75-78H,3-5,8,13-46,53-56H2,1-2H3. The lowest BCUT2D eigenvalue weighted by molar-refractivity contribution is -0.0299. The van der Waals surface area contributed by atoms with Gasteiger partial charge in [-0.2, -0.15) is 0 Å². The number of sulfonamides is 2. The molecule has 6 rings (SSSR count). The van der Waals surface area contributed by atoms with Crippen LogP contribution in [0.4, 0.5) is 0 Å². The summed E-state index contributed by atoms with van der Waals surface area (Å²) in [5.41, 5.74) is 8.65. The quantitative estimate of drug-likeness (QED) is 0.0245. The molecule has 0 saturated carbocycles. The molecule has 0 aliphatic carbocycles. The average molecular weight is 1540 g/mol. The molecule has 0 saturated heterocycles. The first-order chi connectivity index (χ1) is 49.2. The number of rotatable bonds is 62. The lowest BCUT2D eigenvalue weighted by atomic mass is 9.85. The van der Waals surface area contributed by atoms with Gasteiger partial charge >= 0.3 is 0 Å². The Morgan fingerprint density at radius 2 is 0.693 bits per heavy atom. The molecule has 4 aromatic carbocycles. The summed E-state index contributed by atoms with van der Waals surface area (Å²) < 4.78 is 136. The van der Waals surface area contributed by atoms with Gasteiger partial charge in [0.1, 0.15) is 0 Å². The van der Waals surface area contributed by atoms with Gasteiger partial charge in [-0.05, 0) is 128 Å². The van der Waals surface area contributed by atoms with Crippen LogP contribution < -0.4 is 20.2 Å². The Kier molecular flexibility index (Phi) is 45.6. The fourth-order valence-electron chi connectivity index (χ4n) is 10.8. The van der Waals surface area contributed by atoms with Crippen LogP contribution in [-0.2, 0) is 104 Å². The summed E-state index contributed by atoms with van der Waals surface area (Å²) >= 11 is 25.8. The van der Waals surface area contributed by atoms with Gasteiger partial charge in [0.15, 0.2) is 0 Å². The SMILES string of the molecule is CN1Cc2c(Cl)cc(Cl)cc2C(c2cccc(S(=O)(=O)NCCOCCOCCOCCNCCCOCCOCCOCCOCCOCCOCCCCCOCCOCCONCCOCCOCCOCCNS(=O)(=O)c3cccc(C4CN(C)Cc5c(Cl)cc(Cl)cc54)c3)c2)C1. The number of nitrogens with zero attached hydrogens (tertiary/aromatic N) is 2. The number of halogens is 4. The van der Waals surface area contributed by atoms with Crippen LogP contribution in [0.2, 0.25) is 20.1 Å². The summed E-state index contributed by atoms with van der Waals surface area (Å²) in [6.45, 7) is 18.6. The monoisotopic (exact) mass is 1540 g/mol. The Hall–Kier alpha value is -2.90. The zero-order valence-electron chi connectivity index (χ0n) is 58.8. The number of fused-ring (bicyclic) bond motifs is 2. The minimum Gasteiger partial charge on any atom is -0.379 e. The fraction of sp³-hybridized carbons (Fsp3) is 0.657. The summed E-state index contributed by atoms with van der Waals surface area (Å²) in [5.74, 6) is -0.144. The van der Waals surface area contributed by atoms with E-state index in [1.165, 1.54) is 0 Å². The molecule has 2 aliphatic rings. The number of benzene rings is 4. The van der Waals surface area contributed by atoms with Gasteiger partial charge in [0.05, 0.1) is 182 Å². The summed E-state index contributed by atoms with van der Waals surface area (Å²) in [6, 6.07) is 21.3. The van der Waals surface area contributed by atoms with Crippen molar-refractivity contribution in [2.24, 2.45) is 0 Å². The summed E-state index contributed by atoms with van der Waals surface area (Å²) in [6.07, 6.45) is 3.82. The van der Waals surface area contributed by atoms with Gasteiger partial charge in [-0.15, -0.1) is 0 Å². The molecule has 4 N–H and O–H groups in total. The fourth-order valence-corrected chi connectivity index (χ4v) is 14.1. The molecule has 0 fully saturated rings. The van der Waals surface area contributed by atoms with Crippen molar-refractivity contribution >= 4 is 66.5 Å². The van der Waals surface area contributed by atoms with E-state index in [1.54, 1.807) is 48.5 Å². The van der Waals surface area contributed by atoms with E-state index in [0.717, 1.165) is 72.2 Å². The third kappa shape index (κ3) is 36.5. The van der Waals surface area contributed by atoms with Gasteiger partial charge in [0.2, 0.25) is 20.0 Å². The first-order valence-corrected chi connectivity index (χ1v) is 39.4. The predicted molar refractivity (Wildman–Crippen MR) is 389 cm³/mol. The highest BCUT2D eigenvalue weighted by Gasteiger charge is 2.30. The molecule has 2 heterocycles. The van der Waals surface area contributed by atoms with Crippen molar-refractivity contribution in [2.45, 2.75) is 60.4 Å². The lowest BCUT2D eigenvalue weighted by Crippen LogP contribution is -2.31. The van der Waals surface area contributed by atoms with Crippen LogP contribution in [0.25, 0.3) is 0 Å². The molecular weight excluding hydrogens is 1430 g/mol. The topological polar surface area (TPSA) is 261 Å². The van der Waals surface area contributed by atoms with Gasteiger partial charge in [0.25, 0.3) is 0 Å². The van der Waals surface area contributed by atoms with Crippen molar-refractivity contribution in [2.75, 3.05) is 252 Å². The number of nitrogens with one attached hydrogen (secondary N) is 4. The second kappa shape index (κ2) is 53.0. The molecule has 0 spiro atoms. The molecule has 572 valence electrons. The van der Waals surface area contributed by atoms with Crippen LogP contribution in [0.1, 0.15) is 70.9 Å². The van der Waals surface area contributed by atoms with Gasteiger partial charge in [-0.3, -0.25) is 4.84 Å². The molecule has 0 bridgehead atoms. The number of unbranched alkanes of at least 4 members (excludes halogenated alkanes) is 2. The second-order valence-corrected chi connectivity index (χ2v) is 29.1. The molecule has 0 aromatic heterocycles.